The Kier molecular flexibility index (Phi) is 3.69. The molecule has 0 saturated carbocycles. The molecule has 0 aromatic heterocycles. The summed E-state index contributed by atoms with van der Waals surface area (Å²) in [6.07, 6.45) is 2.11. The number of hydrogen-bond donors (Lipinski definition) is 1. The van der Waals surface area contributed by atoms with Crippen LogP contribution < -0.4 is 15.4 Å². The molecule has 0 unspecified atom stereocenters. The lowest BCUT2D eigenvalue weighted by Gasteiger charge is -2.25. The molecule has 1 heterocycles. The fourth-order valence-electron chi connectivity index (χ4n) is 2.89. The van der Waals surface area contributed by atoms with Crippen molar-refractivity contribution in [2.75, 3.05) is 24.3 Å². The summed E-state index contributed by atoms with van der Waals surface area (Å²) >= 11 is 0. The fraction of sp³-hybridized carbons (Fsp3) is 0.294. The first-order valence-electron chi connectivity index (χ1n) is 7.14. The predicted molar refractivity (Wildman–Crippen MR) is 83.2 cm³/mol. The van der Waals surface area contributed by atoms with Crippen molar-refractivity contribution >= 4 is 11.4 Å². The van der Waals surface area contributed by atoms with Crippen molar-refractivity contribution in [2.24, 2.45) is 0 Å². The van der Waals surface area contributed by atoms with E-state index in [2.05, 4.69) is 29.2 Å². The second kappa shape index (κ2) is 5.64. The molecule has 0 spiro atoms. The summed E-state index contributed by atoms with van der Waals surface area (Å²) in [5, 5.41) is 0. The third kappa shape index (κ3) is 2.66. The van der Waals surface area contributed by atoms with Gasteiger partial charge in [-0.1, -0.05) is 24.3 Å². The van der Waals surface area contributed by atoms with Crippen LogP contribution in [0.1, 0.15) is 17.5 Å². The minimum atomic E-state index is -0.422. The van der Waals surface area contributed by atoms with E-state index in [4.69, 9.17) is 10.5 Å². The Hall–Kier alpha value is -2.23. The van der Waals surface area contributed by atoms with Crippen molar-refractivity contribution in [1.29, 1.82) is 0 Å². The van der Waals surface area contributed by atoms with Crippen molar-refractivity contribution in [1.82, 2.24) is 0 Å². The van der Waals surface area contributed by atoms with E-state index in [1.54, 1.807) is 6.07 Å². The number of hydrogen-bond acceptors (Lipinski definition) is 3. The van der Waals surface area contributed by atoms with Crippen LogP contribution in [0.15, 0.2) is 36.4 Å². The SMILES string of the molecule is COc1cc(N2CCCc3ccccc3C2)c(N)cc1F. The molecule has 4 heteroatoms. The van der Waals surface area contributed by atoms with Crippen LogP contribution in [0.25, 0.3) is 0 Å². The molecule has 2 N–H and O–H groups in total. The van der Waals surface area contributed by atoms with Crippen molar-refractivity contribution in [2.45, 2.75) is 19.4 Å². The number of aryl methyl sites for hydroxylation is 1. The maximum absolute atomic E-state index is 13.7. The normalized spacial score (nSPS) is 14.5. The van der Waals surface area contributed by atoms with E-state index in [1.165, 1.54) is 24.3 Å². The standard InChI is InChI=1S/C17H19FN2O/c1-21-17-10-16(15(19)9-14(17)18)20-8-4-7-12-5-2-3-6-13(12)11-20/h2-3,5-6,9-10H,4,7-8,11,19H2,1H3. The lowest BCUT2D eigenvalue weighted by Crippen LogP contribution is -2.23. The van der Waals surface area contributed by atoms with Crippen LogP contribution in [0, 0.1) is 5.82 Å². The number of benzene rings is 2. The molecule has 2 aromatic rings. The van der Waals surface area contributed by atoms with Gasteiger partial charge in [0, 0.05) is 25.2 Å². The lowest BCUT2D eigenvalue weighted by molar-refractivity contribution is 0.386. The topological polar surface area (TPSA) is 38.5 Å². The van der Waals surface area contributed by atoms with E-state index in [-0.39, 0.29) is 5.75 Å². The number of anilines is 2. The van der Waals surface area contributed by atoms with Gasteiger partial charge in [-0.15, -0.1) is 0 Å². The lowest BCUT2D eigenvalue weighted by atomic mass is 10.0. The highest BCUT2D eigenvalue weighted by molar-refractivity contribution is 5.70. The number of nitrogens with two attached hydrogens (primary N) is 1. The highest BCUT2D eigenvalue weighted by Crippen LogP contribution is 2.33. The van der Waals surface area contributed by atoms with Gasteiger partial charge in [0.05, 0.1) is 18.5 Å². The molecule has 0 amide bonds. The molecule has 3 nitrogen and oxygen atoms in total. The largest absolute Gasteiger partial charge is 0.494 e. The zero-order chi connectivity index (χ0) is 14.8. The van der Waals surface area contributed by atoms with Crippen LogP contribution in [-0.4, -0.2) is 13.7 Å². The van der Waals surface area contributed by atoms with E-state index < -0.39 is 5.82 Å². The van der Waals surface area contributed by atoms with E-state index in [0.29, 0.717) is 5.69 Å². The van der Waals surface area contributed by atoms with Crippen molar-refractivity contribution in [3.63, 3.8) is 0 Å². The number of halogens is 1. The average molecular weight is 286 g/mol. The number of nitrogen functional groups attached to an aromatic ring is 1. The van der Waals surface area contributed by atoms with Gasteiger partial charge in [0.2, 0.25) is 0 Å². The minimum absolute atomic E-state index is 0.233. The smallest absolute Gasteiger partial charge is 0.167 e. The van der Waals surface area contributed by atoms with Gasteiger partial charge < -0.3 is 15.4 Å². The van der Waals surface area contributed by atoms with Gasteiger partial charge in [-0.05, 0) is 24.0 Å². The van der Waals surface area contributed by atoms with Crippen LogP contribution in [-0.2, 0) is 13.0 Å². The van der Waals surface area contributed by atoms with E-state index in [0.717, 1.165) is 31.6 Å². The average Bonchev–Trinajstić information content (AvgIpc) is 2.69. The Bertz CT molecular complexity index is 657. The molecule has 110 valence electrons. The van der Waals surface area contributed by atoms with Gasteiger partial charge >= 0.3 is 0 Å². The molecular weight excluding hydrogens is 267 g/mol. The van der Waals surface area contributed by atoms with Crippen LogP contribution in [0.2, 0.25) is 0 Å². The maximum atomic E-state index is 13.7. The number of nitrogens with zero attached hydrogens (tertiary/aromatic N) is 1. The predicted octanol–water partition coefficient (Wildman–Crippen LogP) is 3.37. The van der Waals surface area contributed by atoms with Gasteiger partial charge in [-0.2, -0.15) is 0 Å². The number of methoxy groups -OCH3 is 1. The van der Waals surface area contributed by atoms with Gasteiger partial charge in [0.15, 0.2) is 11.6 Å². The van der Waals surface area contributed by atoms with Crippen molar-refractivity contribution < 1.29 is 9.13 Å². The van der Waals surface area contributed by atoms with Gasteiger partial charge in [0.25, 0.3) is 0 Å². The Morgan fingerprint density at radius 2 is 1.95 bits per heavy atom. The molecule has 0 fully saturated rings. The Labute approximate surface area is 124 Å². The number of ether oxygens (including phenoxy) is 1. The van der Waals surface area contributed by atoms with Gasteiger partial charge in [-0.3, -0.25) is 0 Å². The molecule has 21 heavy (non-hydrogen) atoms. The molecule has 0 aliphatic carbocycles. The van der Waals surface area contributed by atoms with E-state index >= 15 is 0 Å². The zero-order valence-electron chi connectivity index (χ0n) is 12.1. The molecule has 1 aliphatic rings. The van der Waals surface area contributed by atoms with E-state index in [1.807, 2.05) is 0 Å². The van der Waals surface area contributed by atoms with Crippen molar-refractivity contribution in [3.05, 3.63) is 53.3 Å². The molecule has 0 atom stereocenters. The monoisotopic (exact) mass is 286 g/mol. The summed E-state index contributed by atoms with van der Waals surface area (Å²) < 4.78 is 18.8. The maximum Gasteiger partial charge on any atom is 0.167 e. The number of fused-ring (bicyclic) bond motifs is 1. The molecule has 0 bridgehead atoms. The third-order valence-electron chi connectivity index (χ3n) is 4.00. The summed E-state index contributed by atoms with van der Waals surface area (Å²) in [6.45, 7) is 1.68. The second-order valence-electron chi connectivity index (χ2n) is 5.34. The molecule has 1 aliphatic heterocycles. The van der Waals surface area contributed by atoms with Gasteiger partial charge in [-0.25, -0.2) is 4.39 Å². The second-order valence-corrected chi connectivity index (χ2v) is 5.34. The summed E-state index contributed by atoms with van der Waals surface area (Å²) in [4.78, 5) is 2.20. The minimum Gasteiger partial charge on any atom is -0.494 e. The van der Waals surface area contributed by atoms with Crippen molar-refractivity contribution in [3.8, 4) is 5.75 Å². The Morgan fingerprint density at radius 1 is 1.19 bits per heavy atom. The molecule has 0 saturated heterocycles. The summed E-state index contributed by atoms with van der Waals surface area (Å²) in [5.74, 6) is -0.189. The molecule has 2 aromatic carbocycles. The quantitative estimate of drug-likeness (QED) is 0.860. The van der Waals surface area contributed by atoms with Crippen LogP contribution >= 0.6 is 0 Å². The summed E-state index contributed by atoms with van der Waals surface area (Å²) in [5.41, 5.74) is 9.98. The number of rotatable bonds is 2. The third-order valence-corrected chi connectivity index (χ3v) is 4.00. The van der Waals surface area contributed by atoms with Crippen LogP contribution in [0.3, 0.4) is 0 Å². The van der Waals surface area contributed by atoms with E-state index in [9.17, 15) is 4.39 Å². The fourth-order valence-corrected chi connectivity index (χ4v) is 2.89. The van der Waals surface area contributed by atoms with Crippen LogP contribution in [0.5, 0.6) is 5.75 Å². The first-order chi connectivity index (χ1) is 10.2. The zero-order valence-corrected chi connectivity index (χ0v) is 12.1. The highest BCUT2D eigenvalue weighted by Gasteiger charge is 2.18. The first kappa shape index (κ1) is 13.7. The Balaban J connectivity index is 1.97. The highest BCUT2D eigenvalue weighted by atomic mass is 19.1. The summed E-state index contributed by atoms with van der Waals surface area (Å²) in [7, 11) is 1.47. The summed E-state index contributed by atoms with van der Waals surface area (Å²) in [6, 6.07) is 11.5. The van der Waals surface area contributed by atoms with Gasteiger partial charge in [0.1, 0.15) is 0 Å². The molecular formula is C17H19FN2O. The Morgan fingerprint density at radius 3 is 2.71 bits per heavy atom. The first-order valence-corrected chi connectivity index (χ1v) is 7.14. The molecule has 3 rings (SSSR count). The molecule has 0 radical (unpaired) electrons. The van der Waals surface area contributed by atoms with Crippen LogP contribution in [0.4, 0.5) is 15.8 Å².